The number of carboxylic acid groups (broad SMARTS) is 2. The summed E-state index contributed by atoms with van der Waals surface area (Å²) in [7, 11) is 0. The Hall–Kier alpha value is -1.63. The van der Waals surface area contributed by atoms with Crippen molar-refractivity contribution in [2.24, 2.45) is 11.7 Å². The van der Waals surface area contributed by atoms with Gasteiger partial charge in [0.25, 0.3) is 0 Å². The molecule has 0 unspecified atom stereocenters. The van der Waals surface area contributed by atoms with Gasteiger partial charge in [-0.1, -0.05) is 13.8 Å². The summed E-state index contributed by atoms with van der Waals surface area (Å²) < 4.78 is 0. The lowest BCUT2D eigenvalue weighted by molar-refractivity contribution is -0.143. The van der Waals surface area contributed by atoms with Crippen LogP contribution in [0.3, 0.4) is 0 Å². The van der Waals surface area contributed by atoms with E-state index in [9.17, 15) is 14.4 Å². The SMILES string of the molecule is CC(C)[C@@H](NC(=O)CC[C@H](N)C(=O)O)C(=O)O. The molecule has 1 amide bonds. The summed E-state index contributed by atoms with van der Waals surface area (Å²) in [5, 5.41) is 19.7. The first-order chi connectivity index (χ1) is 7.75. The van der Waals surface area contributed by atoms with Gasteiger partial charge >= 0.3 is 11.9 Å². The normalized spacial score (nSPS) is 14.1. The van der Waals surface area contributed by atoms with Crippen LogP contribution in [0.1, 0.15) is 26.7 Å². The van der Waals surface area contributed by atoms with Gasteiger partial charge in [0.1, 0.15) is 12.1 Å². The van der Waals surface area contributed by atoms with Crippen molar-refractivity contribution in [3.05, 3.63) is 0 Å². The average molecular weight is 246 g/mol. The summed E-state index contributed by atoms with van der Waals surface area (Å²) in [5.41, 5.74) is 5.22. The van der Waals surface area contributed by atoms with E-state index in [0.717, 1.165) is 0 Å². The quantitative estimate of drug-likeness (QED) is 0.474. The van der Waals surface area contributed by atoms with Crippen molar-refractivity contribution in [2.45, 2.75) is 38.8 Å². The zero-order chi connectivity index (χ0) is 13.6. The van der Waals surface area contributed by atoms with E-state index in [1.807, 2.05) is 0 Å². The van der Waals surface area contributed by atoms with E-state index in [4.69, 9.17) is 15.9 Å². The Morgan fingerprint density at radius 1 is 1.18 bits per heavy atom. The monoisotopic (exact) mass is 246 g/mol. The molecule has 0 spiro atoms. The molecule has 0 radical (unpaired) electrons. The minimum absolute atomic E-state index is 0.0222. The molecule has 0 rings (SSSR count). The van der Waals surface area contributed by atoms with Gasteiger partial charge in [0.05, 0.1) is 0 Å². The number of carbonyl (C=O) groups is 3. The molecule has 0 aliphatic carbocycles. The molecule has 0 aromatic rings. The van der Waals surface area contributed by atoms with E-state index in [0.29, 0.717) is 0 Å². The van der Waals surface area contributed by atoms with Gasteiger partial charge in [0, 0.05) is 6.42 Å². The summed E-state index contributed by atoms with van der Waals surface area (Å²) in [6.07, 6.45) is -0.129. The molecule has 17 heavy (non-hydrogen) atoms. The van der Waals surface area contributed by atoms with Crippen LogP contribution >= 0.6 is 0 Å². The standard InChI is InChI=1S/C10H18N2O5/c1-5(2)8(10(16)17)12-7(13)4-3-6(11)9(14)15/h5-6,8H,3-4,11H2,1-2H3,(H,12,13)(H,14,15)(H,16,17)/t6-,8+/m0/s1. The van der Waals surface area contributed by atoms with Crippen LogP contribution in [0.2, 0.25) is 0 Å². The molecule has 0 aliphatic rings. The molecule has 2 atom stereocenters. The number of hydrogen-bond acceptors (Lipinski definition) is 4. The first-order valence-corrected chi connectivity index (χ1v) is 5.26. The summed E-state index contributed by atoms with van der Waals surface area (Å²) >= 11 is 0. The zero-order valence-electron chi connectivity index (χ0n) is 9.84. The fourth-order valence-electron chi connectivity index (χ4n) is 1.17. The number of aliphatic carboxylic acids is 2. The van der Waals surface area contributed by atoms with Crippen LogP contribution in [0, 0.1) is 5.92 Å². The highest BCUT2D eigenvalue weighted by molar-refractivity contribution is 5.84. The van der Waals surface area contributed by atoms with Gasteiger partial charge in [-0.2, -0.15) is 0 Å². The molecule has 7 nitrogen and oxygen atoms in total. The molecule has 0 fully saturated rings. The second-order valence-electron chi connectivity index (χ2n) is 4.11. The van der Waals surface area contributed by atoms with Crippen LogP contribution in [0.5, 0.6) is 0 Å². The van der Waals surface area contributed by atoms with Gasteiger partial charge in [-0.15, -0.1) is 0 Å². The molecule has 0 bridgehead atoms. The van der Waals surface area contributed by atoms with Crippen molar-refractivity contribution in [3.63, 3.8) is 0 Å². The molecule has 0 saturated carbocycles. The van der Waals surface area contributed by atoms with E-state index in [1.54, 1.807) is 13.8 Å². The van der Waals surface area contributed by atoms with Crippen molar-refractivity contribution in [3.8, 4) is 0 Å². The summed E-state index contributed by atoms with van der Waals surface area (Å²) in [4.78, 5) is 32.6. The van der Waals surface area contributed by atoms with Gasteiger partial charge < -0.3 is 21.3 Å². The minimum Gasteiger partial charge on any atom is -0.480 e. The lowest BCUT2D eigenvalue weighted by Gasteiger charge is -2.18. The Balaban J connectivity index is 4.16. The zero-order valence-corrected chi connectivity index (χ0v) is 9.84. The summed E-state index contributed by atoms with van der Waals surface area (Å²) in [6, 6.07) is -2.08. The maximum absolute atomic E-state index is 11.4. The van der Waals surface area contributed by atoms with Crippen LogP contribution in [-0.4, -0.2) is 40.1 Å². The molecule has 7 heteroatoms. The predicted molar refractivity (Wildman–Crippen MR) is 59.2 cm³/mol. The summed E-state index contributed by atoms with van der Waals surface area (Å²) in [6.45, 7) is 3.34. The fraction of sp³-hybridized carbons (Fsp3) is 0.700. The molecule has 0 aromatic heterocycles. The number of rotatable bonds is 7. The third-order valence-electron chi connectivity index (χ3n) is 2.25. The maximum Gasteiger partial charge on any atom is 0.326 e. The Morgan fingerprint density at radius 2 is 1.71 bits per heavy atom. The molecular formula is C10H18N2O5. The van der Waals surface area contributed by atoms with Gasteiger partial charge in [0.15, 0.2) is 0 Å². The Bertz CT molecular complexity index is 303. The predicted octanol–water partition coefficient (Wildman–Crippen LogP) is -0.596. The molecule has 5 N–H and O–H groups in total. The van der Waals surface area contributed by atoms with Crippen molar-refractivity contribution in [1.82, 2.24) is 5.32 Å². The Labute approximate surface area is 99.0 Å². The fourth-order valence-corrected chi connectivity index (χ4v) is 1.17. The van der Waals surface area contributed by atoms with Gasteiger partial charge in [-0.05, 0) is 12.3 Å². The smallest absolute Gasteiger partial charge is 0.326 e. The molecular weight excluding hydrogens is 228 g/mol. The first-order valence-electron chi connectivity index (χ1n) is 5.26. The molecule has 98 valence electrons. The van der Waals surface area contributed by atoms with E-state index in [1.165, 1.54) is 0 Å². The lowest BCUT2D eigenvalue weighted by Crippen LogP contribution is -2.44. The molecule has 0 saturated heterocycles. The highest BCUT2D eigenvalue weighted by atomic mass is 16.4. The minimum atomic E-state index is -1.18. The van der Waals surface area contributed by atoms with E-state index in [-0.39, 0.29) is 18.8 Å². The lowest BCUT2D eigenvalue weighted by atomic mass is 10.0. The first kappa shape index (κ1) is 15.4. The van der Waals surface area contributed by atoms with Gasteiger partial charge in [-0.3, -0.25) is 9.59 Å². The van der Waals surface area contributed by atoms with E-state index in [2.05, 4.69) is 5.32 Å². The Kier molecular flexibility index (Phi) is 6.19. The van der Waals surface area contributed by atoms with Crippen molar-refractivity contribution in [1.29, 1.82) is 0 Å². The molecule has 0 aromatic carbocycles. The second kappa shape index (κ2) is 6.85. The number of nitrogens with one attached hydrogen (secondary N) is 1. The number of carboxylic acids is 2. The van der Waals surface area contributed by atoms with Crippen LogP contribution in [-0.2, 0) is 14.4 Å². The number of hydrogen-bond donors (Lipinski definition) is 4. The largest absolute Gasteiger partial charge is 0.480 e. The highest BCUT2D eigenvalue weighted by Crippen LogP contribution is 2.03. The van der Waals surface area contributed by atoms with Crippen molar-refractivity contribution < 1.29 is 24.6 Å². The molecule has 0 heterocycles. The summed E-state index contributed by atoms with van der Waals surface area (Å²) in [5.74, 6) is -3.06. The average Bonchev–Trinajstić information content (AvgIpc) is 2.21. The number of nitrogens with two attached hydrogens (primary N) is 1. The van der Waals surface area contributed by atoms with Crippen LogP contribution in [0.25, 0.3) is 0 Å². The van der Waals surface area contributed by atoms with Gasteiger partial charge in [0.2, 0.25) is 5.91 Å². The van der Waals surface area contributed by atoms with Gasteiger partial charge in [-0.25, -0.2) is 4.79 Å². The third kappa shape index (κ3) is 5.86. The van der Waals surface area contributed by atoms with Crippen LogP contribution in [0.15, 0.2) is 0 Å². The third-order valence-corrected chi connectivity index (χ3v) is 2.25. The highest BCUT2D eigenvalue weighted by Gasteiger charge is 2.23. The van der Waals surface area contributed by atoms with Crippen molar-refractivity contribution in [2.75, 3.05) is 0 Å². The van der Waals surface area contributed by atoms with E-state index < -0.39 is 29.9 Å². The van der Waals surface area contributed by atoms with Crippen LogP contribution < -0.4 is 11.1 Å². The topological polar surface area (TPSA) is 130 Å². The number of amides is 1. The second-order valence-corrected chi connectivity index (χ2v) is 4.11. The van der Waals surface area contributed by atoms with E-state index >= 15 is 0 Å². The maximum atomic E-state index is 11.4. The molecule has 0 aliphatic heterocycles. The van der Waals surface area contributed by atoms with Crippen molar-refractivity contribution >= 4 is 17.8 Å². The number of carbonyl (C=O) groups excluding carboxylic acids is 1. The Morgan fingerprint density at radius 3 is 2.06 bits per heavy atom. The van der Waals surface area contributed by atoms with Crippen LogP contribution in [0.4, 0.5) is 0 Å².